The Morgan fingerprint density at radius 3 is 1.95 bits per heavy atom. The maximum atomic E-state index is 13.2. The summed E-state index contributed by atoms with van der Waals surface area (Å²) in [5.74, 6) is -3.48. The summed E-state index contributed by atoms with van der Waals surface area (Å²) in [5, 5.41) is 136. The topological polar surface area (TPSA) is 393 Å². The largest absolute Gasteiger partial charge is 0.462 e. The van der Waals surface area contributed by atoms with Crippen molar-refractivity contribution < 1.29 is 89.8 Å². The molecule has 18 N–H and O–H groups in total. The Bertz CT molecular complexity index is 1870. The van der Waals surface area contributed by atoms with E-state index in [0.717, 1.165) is 0 Å². The second-order valence-corrected chi connectivity index (χ2v) is 21.3. The summed E-state index contributed by atoms with van der Waals surface area (Å²) in [7, 11) is 0. The molecule has 79 heavy (non-hydrogen) atoms. The zero-order valence-corrected chi connectivity index (χ0v) is 47.1. The zero-order chi connectivity index (χ0) is 59.2. The number of nitrogens with zero attached hydrogens (tertiary/aromatic N) is 1. The van der Waals surface area contributed by atoms with Gasteiger partial charge in [-0.25, -0.2) is 4.79 Å². The number of amides is 2. The highest BCUT2D eigenvalue weighted by molar-refractivity contribution is 5.74. The van der Waals surface area contributed by atoms with E-state index in [-0.39, 0.29) is 44.1 Å². The molecule has 23 nitrogen and oxygen atoms in total. The molecule has 0 radical (unpaired) electrons. The quantitative estimate of drug-likeness (QED) is 0.0276. The van der Waals surface area contributed by atoms with Gasteiger partial charge < -0.3 is 102 Å². The molecule has 2 aliphatic rings. The van der Waals surface area contributed by atoms with Crippen LogP contribution in [0.4, 0.5) is 4.79 Å². The molecule has 0 bridgehead atoms. The fourth-order valence-electron chi connectivity index (χ4n) is 9.45. The van der Waals surface area contributed by atoms with Crippen molar-refractivity contribution in [3.63, 3.8) is 0 Å². The van der Waals surface area contributed by atoms with Gasteiger partial charge in [-0.15, -0.1) is 0 Å². The number of urea groups is 1. The highest BCUT2D eigenvalue weighted by Gasteiger charge is 2.50. The number of aliphatic hydroxyl groups excluding tert-OH is 11. The van der Waals surface area contributed by atoms with Crippen molar-refractivity contribution in [2.75, 3.05) is 39.3 Å². The highest BCUT2D eigenvalue weighted by Crippen LogP contribution is 2.36. The van der Waals surface area contributed by atoms with Gasteiger partial charge in [-0.1, -0.05) is 93.7 Å². The number of aliphatic hydroxyl groups is 12. The fraction of sp³-hybridized carbons (Fsp3) is 0.750. The van der Waals surface area contributed by atoms with E-state index in [1.807, 2.05) is 62.1 Å². The molecule has 2 aliphatic heterocycles. The van der Waals surface area contributed by atoms with Gasteiger partial charge >= 0.3 is 12.0 Å². The first-order valence-corrected chi connectivity index (χ1v) is 27.9. The molecular weight excluding hydrogens is 1030 g/mol. The van der Waals surface area contributed by atoms with Crippen LogP contribution in [0.15, 0.2) is 72.9 Å². The highest BCUT2D eigenvalue weighted by atomic mass is 16.7. The molecule has 2 fully saturated rings. The van der Waals surface area contributed by atoms with Crippen molar-refractivity contribution in [3.05, 3.63) is 72.9 Å². The number of carbonyl (C=O) groups excluding carboxylic acids is 2. The molecule has 2 saturated heterocycles. The second-order valence-electron chi connectivity index (χ2n) is 21.3. The first-order valence-electron chi connectivity index (χ1n) is 27.9. The summed E-state index contributed by atoms with van der Waals surface area (Å²) in [6, 6.07) is -3.06. The van der Waals surface area contributed by atoms with Crippen LogP contribution >= 0.6 is 0 Å². The summed E-state index contributed by atoms with van der Waals surface area (Å²) in [6.45, 7) is 11.1. The van der Waals surface area contributed by atoms with Gasteiger partial charge in [0.15, 0.2) is 12.1 Å². The molecule has 23 heteroatoms. The molecule has 2 rings (SSSR count). The Labute approximate surface area is 467 Å². The summed E-state index contributed by atoms with van der Waals surface area (Å²) in [6.07, 6.45) is 0.988. The van der Waals surface area contributed by atoms with Crippen LogP contribution in [0.3, 0.4) is 0 Å². The summed E-state index contributed by atoms with van der Waals surface area (Å²) in [5.41, 5.74) is 11.7. The number of rotatable bonds is 37. The number of allylic oxidation sites excluding steroid dienone is 11. The van der Waals surface area contributed by atoms with E-state index in [1.165, 1.54) is 0 Å². The smallest absolute Gasteiger partial charge is 0.315 e. The van der Waals surface area contributed by atoms with Crippen molar-refractivity contribution in [1.29, 1.82) is 0 Å². The Hall–Kier alpha value is -3.54. The molecule has 0 aromatic rings. The van der Waals surface area contributed by atoms with Gasteiger partial charge in [-0.3, -0.25) is 9.69 Å². The number of hydrogen-bond acceptors (Lipinski definition) is 21. The average Bonchev–Trinajstić information content (AvgIpc) is 3.47. The van der Waals surface area contributed by atoms with E-state index in [9.17, 15) is 70.9 Å². The monoisotopic (exact) mass is 1130 g/mol. The van der Waals surface area contributed by atoms with Crippen molar-refractivity contribution >= 4 is 12.0 Å². The normalized spacial score (nSPS) is 28.2. The van der Waals surface area contributed by atoms with Crippen LogP contribution in [0.25, 0.3) is 0 Å². The Morgan fingerprint density at radius 1 is 0.785 bits per heavy atom. The lowest BCUT2D eigenvalue weighted by atomic mass is 9.87. The van der Waals surface area contributed by atoms with Gasteiger partial charge in [0.25, 0.3) is 0 Å². The fourth-order valence-corrected chi connectivity index (χ4v) is 9.45. The molecule has 2 heterocycles. The van der Waals surface area contributed by atoms with Crippen LogP contribution < -0.4 is 22.1 Å². The standard InChI is InChI=1S/C56H99N5O18/c1-7-8-9-10-11-12-13-14-15-16-17-20-43(78-54-53(73)50(52(72)38(6)77-54)61(25-18-23-57)26-19-24-58)30-47-49(60-55(74)59-33-42(66)34-62)46(69)32-56(75,79-47)31-41(65)28-45(68)44(67)22-21-39(63)27-40(64)29-48(70)76-37(5)36(4)51(71)35(2)3/h7-17,20,35-47,49-54,62-69,71-73,75H,18-19,21-34,57-58H2,1-6H3,(H2,59,60,74)/b8-7+,10-9+,12-11+,14-13+,16-15+,20-17+/t36-,37-,38+,39+,40+,41-,42-,43-,44+,45+,46-,47-,49+,50-,51+,52+,53-,54-,56+/m0/s1. The maximum Gasteiger partial charge on any atom is 0.315 e. The molecule has 2 amide bonds. The minimum absolute atomic E-state index is 0.0623. The van der Waals surface area contributed by atoms with Gasteiger partial charge in [-0.05, 0) is 85.0 Å². The number of carbonyl (C=O) groups is 2. The lowest BCUT2D eigenvalue weighted by Gasteiger charge is -2.48. The summed E-state index contributed by atoms with van der Waals surface area (Å²) >= 11 is 0. The van der Waals surface area contributed by atoms with Crippen LogP contribution in [0.5, 0.6) is 0 Å². The number of nitrogens with two attached hydrogens (primary N) is 2. The predicted octanol–water partition coefficient (Wildman–Crippen LogP) is -0.457. The van der Waals surface area contributed by atoms with E-state index in [0.29, 0.717) is 39.0 Å². The van der Waals surface area contributed by atoms with Crippen LogP contribution in [-0.2, 0) is 23.7 Å². The van der Waals surface area contributed by atoms with E-state index in [1.54, 1.807) is 57.2 Å². The van der Waals surface area contributed by atoms with Gasteiger partial charge in [0, 0.05) is 38.1 Å². The lowest BCUT2D eigenvalue weighted by molar-refractivity contribution is -0.307. The SMILES string of the molecule is C/C=C/C=C/C=C/C=C/C=C/C=C/[C@@H](C[C@@H]1O[C@](O)(C[C@@H](O)C[C@@H](O)[C@H](O)CC[C@@H](O)C[C@@H](O)CC(=O)O[C@@H](C)[C@H](C)[C@H](O)C(C)C)C[C@H](O)[C@H]1NC(=O)NC[C@H](O)CO)O[C@@H]1O[C@H](C)[C@@H](O)[C@H](N(CCCN)CCCN)[C@@H]1O. The Kier molecular flexibility index (Phi) is 34.7. The van der Waals surface area contributed by atoms with E-state index in [2.05, 4.69) is 10.6 Å². The van der Waals surface area contributed by atoms with E-state index in [4.69, 9.17) is 30.4 Å². The van der Waals surface area contributed by atoms with Crippen molar-refractivity contribution in [1.82, 2.24) is 15.5 Å². The van der Waals surface area contributed by atoms with Crippen molar-refractivity contribution in [2.45, 2.75) is 215 Å². The Morgan fingerprint density at radius 2 is 1.38 bits per heavy atom. The van der Waals surface area contributed by atoms with Gasteiger partial charge in [0.05, 0.1) is 98.4 Å². The van der Waals surface area contributed by atoms with Crippen molar-refractivity contribution in [3.8, 4) is 0 Å². The van der Waals surface area contributed by atoms with Crippen LogP contribution in [0, 0.1) is 11.8 Å². The van der Waals surface area contributed by atoms with Gasteiger partial charge in [-0.2, -0.15) is 0 Å². The first kappa shape index (κ1) is 71.6. The van der Waals surface area contributed by atoms with Crippen LogP contribution in [0.1, 0.15) is 106 Å². The molecule has 0 spiro atoms. The third kappa shape index (κ3) is 26.9. The van der Waals surface area contributed by atoms with Crippen LogP contribution in [-0.4, -0.2) is 227 Å². The van der Waals surface area contributed by atoms with E-state index >= 15 is 0 Å². The zero-order valence-electron chi connectivity index (χ0n) is 47.1. The van der Waals surface area contributed by atoms with E-state index < -0.39 is 154 Å². The molecule has 456 valence electrons. The molecule has 0 aromatic heterocycles. The molecule has 0 aromatic carbocycles. The van der Waals surface area contributed by atoms with Crippen LogP contribution in [0.2, 0.25) is 0 Å². The third-order valence-electron chi connectivity index (χ3n) is 14.1. The minimum atomic E-state index is -2.33. The molecular formula is C56H99N5O18. The average molecular weight is 1130 g/mol. The minimum Gasteiger partial charge on any atom is -0.462 e. The first-order chi connectivity index (χ1) is 37.4. The lowest BCUT2D eigenvalue weighted by Crippen LogP contribution is -2.65. The molecule has 0 unspecified atom stereocenters. The maximum absolute atomic E-state index is 13.2. The molecule has 19 atom stereocenters. The third-order valence-corrected chi connectivity index (χ3v) is 14.1. The number of nitrogens with one attached hydrogen (secondary N) is 2. The van der Waals surface area contributed by atoms with Gasteiger partial charge in [0.1, 0.15) is 12.2 Å². The van der Waals surface area contributed by atoms with Crippen molar-refractivity contribution in [2.24, 2.45) is 23.3 Å². The van der Waals surface area contributed by atoms with Gasteiger partial charge in [0.2, 0.25) is 0 Å². The predicted molar refractivity (Wildman–Crippen MR) is 296 cm³/mol. The number of esters is 1. The second kappa shape index (κ2) is 38.3. The summed E-state index contributed by atoms with van der Waals surface area (Å²) < 4.78 is 24.2. The molecule has 0 aliphatic carbocycles. The number of hydrogen-bond donors (Lipinski definition) is 16. The molecule has 0 saturated carbocycles. The Balaban J connectivity index is 2.37. The number of ether oxygens (including phenoxy) is 4. The summed E-state index contributed by atoms with van der Waals surface area (Å²) in [4.78, 5) is 27.6.